The SMILES string of the molecule is CC.CCC.CCCCCCCC(=O)C(C)C.COC(=O)CCCC[C@]1(C)CCSS1. The molecule has 0 aromatic heterocycles. The normalized spacial score (nSPS) is 16.8. The van der Waals surface area contributed by atoms with E-state index >= 15 is 0 Å². The molecule has 0 amide bonds. The van der Waals surface area contributed by atoms with E-state index in [2.05, 4.69) is 32.4 Å². The lowest BCUT2D eigenvalue weighted by molar-refractivity contribution is -0.140. The third-order valence-corrected chi connectivity index (χ3v) is 8.07. The Morgan fingerprint density at radius 3 is 1.94 bits per heavy atom. The zero-order valence-corrected chi connectivity index (χ0v) is 23.9. The van der Waals surface area contributed by atoms with Gasteiger partial charge in [-0.2, -0.15) is 0 Å². The smallest absolute Gasteiger partial charge is 0.305 e. The maximum absolute atomic E-state index is 11.2. The van der Waals surface area contributed by atoms with E-state index in [4.69, 9.17) is 0 Å². The summed E-state index contributed by atoms with van der Waals surface area (Å²) in [5.74, 6) is 1.85. The Morgan fingerprint density at radius 2 is 1.48 bits per heavy atom. The van der Waals surface area contributed by atoms with Crippen molar-refractivity contribution in [3.05, 3.63) is 0 Å². The van der Waals surface area contributed by atoms with E-state index in [0.29, 0.717) is 17.0 Å². The number of hydrogen-bond acceptors (Lipinski definition) is 5. The van der Waals surface area contributed by atoms with E-state index in [9.17, 15) is 9.59 Å². The monoisotopic (exact) mass is 478 g/mol. The summed E-state index contributed by atoms with van der Waals surface area (Å²) in [6.45, 7) is 16.7. The second-order valence-electron chi connectivity index (χ2n) is 8.38. The summed E-state index contributed by atoms with van der Waals surface area (Å²) in [5.41, 5.74) is 0. The van der Waals surface area contributed by atoms with E-state index in [-0.39, 0.29) is 11.9 Å². The summed E-state index contributed by atoms with van der Waals surface area (Å²) < 4.78 is 5.06. The Bertz CT molecular complexity index is 392. The molecule has 0 aromatic rings. The van der Waals surface area contributed by atoms with E-state index in [0.717, 1.165) is 25.7 Å². The molecular formula is C26H54O3S2. The molecule has 1 fully saturated rings. The van der Waals surface area contributed by atoms with Gasteiger partial charge in [-0.3, -0.25) is 9.59 Å². The first-order valence-corrected chi connectivity index (χ1v) is 15.0. The van der Waals surface area contributed by atoms with Crippen LogP contribution in [0.25, 0.3) is 0 Å². The maximum atomic E-state index is 11.2. The fourth-order valence-electron chi connectivity index (χ4n) is 2.71. The van der Waals surface area contributed by atoms with Crippen molar-refractivity contribution in [2.24, 2.45) is 5.92 Å². The molecule has 0 bridgehead atoms. The molecule has 1 atom stereocenters. The van der Waals surface area contributed by atoms with Crippen molar-refractivity contribution in [2.75, 3.05) is 12.9 Å². The lowest BCUT2D eigenvalue weighted by Gasteiger charge is -2.20. The number of methoxy groups -OCH3 is 1. The van der Waals surface area contributed by atoms with Crippen molar-refractivity contribution in [1.29, 1.82) is 0 Å². The zero-order chi connectivity index (χ0) is 24.5. The highest BCUT2D eigenvalue weighted by molar-refractivity contribution is 8.77. The van der Waals surface area contributed by atoms with Gasteiger partial charge in [-0.15, -0.1) is 0 Å². The molecule has 1 heterocycles. The van der Waals surface area contributed by atoms with E-state index < -0.39 is 0 Å². The molecular weight excluding hydrogens is 424 g/mol. The molecule has 0 saturated carbocycles. The minimum absolute atomic E-state index is 0.0800. The predicted molar refractivity (Wildman–Crippen MR) is 144 cm³/mol. The quantitative estimate of drug-likeness (QED) is 0.159. The average Bonchev–Trinajstić information content (AvgIpc) is 3.19. The molecule has 188 valence electrons. The van der Waals surface area contributed by atoms with Crippen molar-refractivity contribution in [3.63, 3.8) is 0 Å². The zero-order valence-electron chi connectivity index (χ0n) is 22.3. The van der Waals surface area contributed by atoms with Gasteiger partial charge >= 0.3 is 5.97 Å². The minimum Gasteiger partial charge on any atom is -0.469 e. The number of rotatable bonds is 12. The lowest BCUT2D eigenvalue weighted by atomic mass is 9.99. The van der Waals surface area contributed by atoms with Crippen molar-refractivity contribution >= 4 is 33.3 Å². The molecule has 3 nitrogen and oxygen atoms in total. The first-order valence-electron chi connectivity index (χ1n) is 12.7. The molecule has 31 heavy (non-hydrogen) atoms. The van der Waals surface area contributed by atoms with Crippen LogP contribution in [0.15, 0.2) is 0 Å². The van der Waals surface area contributed by atoms with Crippen LogP contribution in [0.5, 0.6) is 0 Å². The van der Waals surface area contributed by atoms with E-state index in [1.54, 1.807) is 0 Å². The number of carbonyl (C=O) groups is 2. The van der Waals surface area contributed by atoms with Crippen LogP contribution >= 0.6 is 21.6 Å². The van der Waals surface area contributed by atoms with Crippen LogP contribution < -0.4 is 0 Å². The van der Waals surface area contributed by atoms with Crippen molar-refractivity contribution < 1.29 is 14.3 Å². The summed E-state index contributed by atoms with van der Waals surface area (Å²) in [7, 11) is 5.44. The topological polar surface area (TPSA) is 43.4 Å². The van der Waals surface area contributed by atoms with Gasteiger partial charge in [0.15, 0.2) is 0 Å². The fourth-order valence-corrected chi connectivity index (χ4v) is 6.01. The average molecular weight is 479 g/mol. The van der Waals surface area contributed by atoms with Crippen LogP contribution in [0.4, 0.5) is 0 Å². The third kappa shape index (κ3) is 26.0. The Balaban J connectivity index is -0.000000422. The van der Waals surface area contributed by atoms with Gasteiger partial charge in [-0.05, 0) is 32.6 Å². The summed E-state index contributed by atoms with van der Waals surface area (Å²) in [6, 6.07) is 0. The highest BCUT2D eigenvalue weighted by Gasteiger charge is 2.29. The van der Waals surface area contributed by atoms with Gasteiger partial charge in [0, 0.05) is 29.3 Å². The molecule has 0 aromatic carbocycles. The Morgan fingerprint density at radius 1 is 0.935 bits per heavy atom. The van der Waals surface area contributed by atoms with Crippen LogP contribution in [0, 0.1) is 5.92 Å². The van der Waals surface area contributed by atoms with Gasteiger partial charge in [0.1, 0.15) is 5.78 Å². The number of hydrogen-bond donors (Lipinski definition) is 0. The van der Waals surface area contributed by atoms with Crippen molar-refractivity contribution in [2.45, 2.75) is 137 Å². The number of unbranched alkanes of at least 4 members (excludes halogenated alkanes) is 5. The molecule has 0 N–H and O–H groups in total. The highest BCUT2D eigenvalue weighted by atomic mass is 33.1. The van der Waals surface area contributed by atoms with Gasteiger partial charge in [0.25, 0.3) is 0 Å². The fraction of sp³-hybridized carbons (Fsp3) is 0.923. The first-order chi connectivity index (χ1) is 14.8. The van der Waals surface area contributed by atoms with Crippen LogP contribution in [-0.2, 0) is 14.3 Å². The van der Waals surface area contributed by atoms with E-state index in [1.807, 2.05) is 49.3 Å². The highest BCUT2D eigenvalue weighted by Crippen LogP contribution is 2.49. The summed E-state index contributed by atoms with van der Waals surface area (Å²) >= 11 is 0. The number of ketones is 1. The largest absolute Gasteiger partial charge is 0.469 e. The van der Waals surface area contributed by atoms with Crippen LogP contribution in [0.3, 0.4) is 0 Å². The molecule has 0 spiro atoms. The lowest BCUT2D eigenvalue weighted by Crippen LogP contribution is -2.15. The van der Waals surface area contributed by atoms with Gasteiger partial charge in [0.2, 0.25) is 0 Å². The number of Topliss-reactive ketones (excluding diaryl/α,β-unsaturated/α-hetero) is 1. The maximum Gasteiger partial charge on any atom is 0.305 e. The van der Waals surface area contributed by atoms with Gasteiger partial charge < -0.3 is 4.74 Å². The molecule has 0 radical (unpaired) electrons. The van der Waals surface area contributed by atoms with Gasteiger partial charge in [-0.25, -0.2) is 0 Å². The predicted octanol–water partition coefficient (Wildman–Crippen LogP) is 9.28. The standard InChI is InChI=1S/C11H22O.C10H18O2S2.C3H8.C2H6/c1-4-5-6-7-8-9-11(12)10(2)3;1-10(7-8-13-14-10)6-4-3-5-9(11)12-2;1-3-2;1-2/h10H,4-9H2,1-3H3;3-8H2,1-2H3;3H2,1-2H3;1-2H3/t;10-;;/m.1../s1. The van der Waals surface area contributed by atoms with Crippen LogP contribution in [-0.4, -0.2) is 29.4 Å². The van der Waals surface area contributed by atoms with Gasteiger partial charge in [0.05, 0.1) is 7.11 Å². The van der Waals surface area contributed by atoms with Gasteiger partial charge in [-0.1, -0.05) is 109 Å². The number of carbonyl (C=O) groups excluding carboxylic acids is 2. The van der Waals surface area contributed by atoms with Crippen molar-refractivity contribution in [3.8, 4) is 0 Å². The molecule has 1 saturated heterocycles. The number of esters is 1. The summed E-state index contributed by atoms with van der Waals surface area (Å²) in [5, 5.41) is 0. The number of ether oxygens (including phenoxy) is 1. The Hall–Kier alpha value is -0.160. The van der Waals surface area contributed by atoms with E-state index in [1.165, 1.54) is 57.8 Å². The molecule has 1 aliphatic rings. The van der Waals surface area contributed by atoms with Crippen molar-refractivity contribution in [1.82, 2.24) is 0 Å². The first kappa shape index (κ1) is 35.4. The summed E-state index contributed by atoms with van der Waals surface area (Å²) in [6.07, 6.45) is 13.5. The molecule has 1 aliphatic heterocycles. The second kappa shape index (κ2) is 26.1. The minimum atomic E-state index is -0.0800. The molecule has 5 heteroatoms. The molecule has 0 aliphatic carbocycles. The molecule has 1 rings (SSSR count). The third-order valence-electron chi connectivity index (χ3n) is 4.71. The Labute approximate surface area is 203 Å². The second-order valence-corrected chi connectivity index (χ2v) is 11.4. The summed E-state index contributed by atoms with van der Waals surface area (Å²) in [4.78, 5) is 22.0. The molecule has 0 unspecified atom stereocenters. The van der Waals surface area contributed by atoms with Crippen LogP contribution in [0.2, 0.25) is 0 Å². The van der Waals surface area contributed by atoms with Crippen LogP contribution in [0.1, 0.15) is 132 Å². The Kier molecular flexibility index (Phi) is 29.8.